The van der Waals surface area contributed by atoms with Gasteiger partial charge in [0.15, 0.2) is 0 Å². The average Bonchev–Trinajstić information content (AvgIpc) is 3.18. The molecule has 3 heterocycles. The predicted molar refractivity (Wildman–Crippen MR) is 82.4 cm³/mol. The van der Waals surface area contributed by atoms with E-state index in [0.717, 1.165) is 31.7 Å². The number of nitrogens with zero attached hydrogens (tertiary/aromatic N) is 1. The number of carbonyl (C=O) groups excluding carboxylic acids is 1. The van der Waals surface area contributed by atoms with Gasteiger partial charge in [0.25, 0.3) is 0 Å². The Balaban J connectivity index is 1.41. The van der Waals surface area contributed by atoms with Gasteiger partial charge in [-0.1, -0.05) is 0 Å². The number of hydrogen-bond acceptors (Lipinski definition) is 4. The highest BCUT2D eigenvalue weighted by Crippen LogP contribution is 2.42. The lowest BCUT2D eigenvalue weighted by Crippen LogP contribution is -2.70. The largest absolute Gasteiger partial charge is 0.376 e. The molecule has 114 valence electrons. The summed E-state index contributed by atoms with van der Waals surface area (Å²) in [4.78, 5) is 14.8. The summed E-state index contributed by atoms with van der Waals surface area (Å²) in [6.45, 7) is 3.18. The minimum atomic E-state index is 0.160. The molecule has 5 heteroatoms. The summed E-state index contributed by atoms with van der Waals surface area (Å²) in [7, 11) is 0. The summed E-state index contributed by atoms with van der Waals surface area (Å²) in [6, 6.07) is 2.73. The van der Waals surface area contributed by atoms with Gasteiger partial charge < -0.3 is 10.1 Å². The van der Waals surface area contributed by atoms with E-state index in [1.54, 1.807) is 11.3 Å². The molecule has 4 rings (SSSR count). The Labute approximate surface area is 129 Å². The molecule has 0 radical (unpaired) electrons. The monoisotopic (exact) mass is 306 g/mol. The van der Waals surface area contributed by atoms with E-state index in [1.165, 1.54) is 12.8 Å². The molecule has 1 aliphatic carbocycles. The van der Waals surface area contributed by atoms with Crippen LogP contribution in [0.4, 0.5) is 0 Å². The van der Waals surface area contributed by atoms with Crippen molar-refractivity contribution in [2.75, 3.05) is 19.7 Å². The topological polar surface area (TPSA) is 41.6 Å². The van der Waals surface area contributed by atoms with Gasteiger partial charge in [-0.25, -0.2) is 0 Å². The first-order valence-electron chi connectivity index (χ1n) is 7.99. The summed E-state index contributed by atoms with van der Waals surface area (Å²) in [5.74, 6) is 0.690. The molecule has 3 fully saturated rings. The van der Waals surface area contributed by atoms with Crippen LogP contribution in [-0.2, 0) is 16.0 Å². The standard InChI is InChI=1S/C16H22N2O2S/c19-13(9-11-4-8-21-10-11)17-14-12-3-7-20-16(12)15(14)18-5-1-2-6-18/h4,8,10,12,14-16H,1-3,5-7,9H2,(H,17,19)/t12-,14+,15-,16-/m1/s1. The third-order valence-corrected chi connectivity index (χ3v) is 5.92. The highest BCUT2D eigenvalue weighted by Gasteiger charge is 2.56. The van der Waals surface area contributed by atoms with E-state index >= 15 is 0 Å². The fraction of sp³-hybridized carbons (Fsp3) is 0.688. The minimum absolute atomic E-state index is 0.160. The van der Waals surface area contributed by atoms with Gasteiger partial charge in [-0.3, -0.25) is 9.69 Å². The smallest absolute Gasteiger partial charge is 0.224 e. The van der Waals surface area contributed by atoms with Gasteiger partial charge in [-0.15, -0.1) is 0 Å². The first-order chi connectivity index (χ1) is 10.3. The zero-order chi connectivity index (χ0) is 14.2. The second-order valence-corrected chi connectivity index (χ2v) is 7.20. The maximum Gasteiger partial charge on any atom is 0.224 e. The minimum Gasteiger partial charge on any atom is -0.376 e. The molecule has 0 unspecified atom stereocenters. The zero-order valence-electron chi connectivity index (χ0n) is 12.2. The molecule has 1 aromatic heterocycles. The molecule has 4 nitrogen and oxygen atoms in total. The van der Waals surface area contributed by atoms with Gasteiger partial charge in [0.2, 0.25) is 5.91 Å². The number of thiophene rings is 1. The Hall–Kier alpha value is -0.910. The Kier molecular flexibility index (Phi) is 3.73. The maximum atomic E-state index is 12.3. The van der Waals surface area contributed by atoms with E-state index in [9.17, 15) is 4.79 Å². The molecule has 1 amide bonds. The van der Waals surface area contributed by atoms with Gasteiger partial charge in [0.05, 0.1) is 24.6 Å². The summed E-state index contributed by atoms with van der Waals surface area (Å²) in [5.41, 5.74) is 1.12. The lowest BCUT2D eigenvalue weighted by Gasteiger charge is -2.51. The molecule has 0 bridgehead atoms. The van der Waals surface area contributed by atoms with Crippen molar-refractivity contribution < 1.29 is 9.53 Å². The van der Waals surface area contributed by atoms with E-state index < -0.39 is 0 Å². The lowest BCUT2D eigenvalue weighted by atomic mass is 9.70. The fourth-order valence-corrected chi connectivity index (χ4v) is 4.83. The summed E-state index contributed by atoms with van der Waals surface area (Å²) >= 11 is 1.65. The van der Waals surface area contributed by atoms with Crippen molar-refractivity contribution in [2.45, 2.75) is 43.9 Å². The summed E-state index contributed by atoms with van der Waals surface area (Å²) < 4.78 is 5.90. The van der Waals surface area contributed by atoms with Crippen LogP contribution in [0, 0.1) is 5.92 Å². The molecule has 1 saturated carbocycles. The van der Waals surface area contributed by atoms with Crippen LogP contribution in [0.25, 0.3) is 0 Å². The quantitative estimate of drug-likeness (QED) is 0.920. The van der Waals surface area contributed by atoms with Crippen LogP contribution in [0.1, 0.15) is 24.8 Å². The van der Waals surface area contributed by atoms with Crippen molar-refractivity contribution in [1.82, 2.24) is 10.2 Å². The normalized spacial score (nSPS) is 35.4. The third kappa shape index (κ3) is 2.51. The Morgan fingerprint density at radius 2 is 2.29 bits per heavy atom. The predicted octanol–water partition coefficient (Wildman–Crippen LogP) is 1.66. The molecule has 0 aromatic carbocycles. The molecule has 1 aromatic rings. The van der Waals surface area contributed by atoms with Crippen LogP contribution in [0.2, 0.25) is 0 Å². The molecule has 21 heavy (non-hydrogen) atoms. The zero-order valence-corrected chi connectivity index (χ0v) is 13.0. The maximum absolute atomic E-state index is 12.3. The number of nitrogens with one attached hydrogen (secondary N) is 1. The summed E-state index contributed by atoms with van der Waals surface area (Å²) in [6.07, 6.45) is 4.52. The van der Waals surface area contributed by atoms with Crippen LogP contribution in [0.5, 0.6) is 0 Å². The molecule has 4 atom stereocenters. The van der Waals surface area contributed by atoms with E-state index in [4.69, 9.17) is 4.74 Å². The highest BCUT2D eigenvalue weighted by atomic mass is 32.1. The second kappa shape index (κ2) is 5.71. The van der Waals surface area contributed by atoms with Gasteiger partial charge in [-0.05, 0) is 54.7 Å². The molecule has 0 spiro atoms. The summed E-state index contributed by atoms with van der Waals surface area (Å²) in [5, 5.41) is 7.38. The van der Waals surface area contributed by atoms with Crippen molar-refractivity contribution in [3.63, 3.8) is 0 Å². The van der Waals surface area contributed by atoms with Gasteiger partial charge in [0, 0.05) is 12.5 Å². The number of amides is 1. The first-order valence-corrected chi connectivity index (χ1v) is 8.93. The van der Waals surface area contributed by atoms with Crippen molar-refractivity contribution in [3.8, 4) is 0 Å². The van der Waals surface area contributed by atoms with Crippen LogP contribution >= 0.6 is 11.3 Å². The number of likely N-dealkylation sites (tertiary alicyclic amines) is 1. The van der Waals surface area contributed by atoms with Crippen molar-refractivity contribution in [2.24, 2.45) is 5.92 Å². The molecular formula is C16H22N2O2S. The second-order valence-electron chi connectivity index (χ2n) is 6.42. The number of rotatable bonds is 4. The number of ether oxygens (including phenoxy) is 1. The van der Waals surface area contributed by atoms with Gasteiger partial charge >= 0.3 is 0 Å². The van der Waals surface area contributed by atoms with Crippen molar-refractivity contribution in [3.05, 3.63) is 22.4 Å². The highest BCUT2D eigenvalue weighted by molar-refractivity contribution is 7.07. The van der Waals surface area contributed by atoms with Crippen LogP contribution in [0.3, 0.4) is 0 Å². The van der Waals surface area contributed by atoms with Gasteiger partial charge in [-0.2, -0.15) is 11.3 Å². The van der Waals surface area contributed by atoms with Crippen LogP contribution in [-0.4, -0.2) is 48.7 Å². The van der Waals surface area contributed by atoms with E-state index in [2.05, 4.69) is 15.6 Å². The molecular weight excluding hydrogens is 284 g/mol. The Bertz CT molecular complexity index is 494. The average molecular weight is 306 g/mol. The SMILES string of the molecule is O=C(Cc1ccsc1)N[C@H]1[C@H]2CCO[C@H]2[C@@H]1N1CCCC1. The molecule has 1 N–H and O–H groups in total. The van der Waals surface area contributed by atoms with E-state index in [1.807, 2.05) is 11.4 Å². The number of carbonyl (C=O) groups is 1. The number of hydrogen-bond donors (Lipinski definition) is 1. The van der Waals surface area contributed by atoms with Gasteiger partial charge in [0.1, 0.15) is 0 Å². The van der Waals surface area contributed by atoms with Crippen molar-refractivity contribution >= 4 is 17.2 Å². The number of fused-ring (bicyclic) bond motifs is 1. The lowest BCUT2D eigenvalue weighted by molar-refractivity contribution is -0.128. The molecule has 2 aliphatic heterocycles. The van der Waals surface area contributed by atoms with Crippen LogP contribution in [0.15, 0.2) is 16.8 Å². The Morgan fingerprint density at radius 3 is 3.05 bits per heavy atom. The van der Waals surface area contributed by atoms with E-state index in [0.29, 0.717) is 30.5 Å². The Morgan fingerprint density at radius 1 is 1.43 bits per heavy atom. The fourth-order valence-electron chi connectivity index (χ4n) is 4.16. The van der Waals surface area contributed by atoms with E-state index in [-0.39, 0.29) is 5.91 Å². The third-order valence-electron chi connectivity index (χ3n) is 5.18. The van der Waals surface area contributed by atoms with Crippen molar-refractivity contribution in [1.29, 1.82) is 0 Å². The molecule has 2 saturated heterocycles. The van der Waals surface area contributed by atoms with Crippen LogP contribution < -0.4 is 5.32 Å². The first kappa shape index (κ1) is 13.7. The molecule has 3 aliphatic rings.